The first-order valence-corrected chi connectivity index (χ1v) is 7.53. The van der Waals surface area contributed by atoms with E-state index in [9.17, 15) is 4.55 Å². The molecule has 20 heavy (non-hydrogen) atoms. The Morgan fingerprint density at radius 3 is 2.60 bits per heavy atom. The number of pyridine rings is 1. The topological polar surface area (TPSA) is 64.6 Å². The lowest BCUT2D eigenvalue weighted by molar-refractivity contribution is 0.594. The number of H-pyrrole nitrogens is 1. The minimum Gasteiger partial charge on any atom is -0.611 e. The van der Waals surface area contributed by atoms with Crippen molar-refractivity contribution >= 4 is 11.2 Å². The second-order valence-corrected chi connectivity index (χ2v) is 5.68. The molecule has 0 amide bonds. The van der Waals surface area contributed by atoms with Gasteiger partial charge in [0.1, 0.15) is 5.75 Å². The largest absolute Gasteiger partial charge is 0.611 e. The molecule has 1 atom stereocenters. The zero-order valence-electron chi connectivity index (χ0n) is 10.7. The summed E-state index contributed by atoms with van der Waals surface area (Å²) in [6.45, 7) is 0. The molecule has 0 spiro atoms. The molecule has 0 saturated carbocycles. The Morgan fingerprint density at radius 1 is 1.00 bits per heavy atom. The Morgan fingerprint density at radius 2 is 1.85 bits per heavy atom. The van der Waals surface area contributed by atoms with Crippen LogP contribution in [0.3, 0.4) is 0 Å². The van der Waals surface area contributed by atoms with Crippen molar-refractivity contribution < 1.29 is 4.55 Å². The zero-order chi connectivity index (χ0) is 13.8. The maximum absolute atomic E-state index is 12.6. The molecule has 2 aromatic heterocycles. The lowest BCUT2D eigenvalue weighted by atomic mass is 10.2. The molecule has 0 saturated heterocycles. The van der Waals surface area contributed by atoms with E-state index in [1.165, 1.54) is 0 Å². The van der Waals surface area contributed by atoms with Crippen LogP contribution in [0, 0.1) is 0 Å². The lowest BCUT2D eigenvalue weighted by Crippen LogP contribution is -2.08. The van der Waals surface area contributed by atoms with Gasteiger partial charge in [0.05, 0.1) is 0 Å². The summed E-state index contributed by atoms with van der Waals surface area (Å²) < 4.78 is 12.6. The summed E-state index contributed by atoms with van der Waals surface area (Å²) in [6.07, 6.45) is 5.07. The van der Waals surface area contributed by atoms with Gasteiger partial charge in [-0.1, -0.05) is 30.3 Å². The minimum atomic E-state index is -1.15. The highest BCUT2D eigenvalue weighted by molar-refractivity contribution is 7.90. The van der Waals surface area contributed by atoms with E-state index in [-0.39, 0.29) is 0 Å². The summed E-state index contributed by atoms with van der Waals surface area (Å²) in [5, 5.41) is 0. The molecule has 4 nitrogen and oxygen atoms in total. The third-order valence-corrected chi connectivity index (χ3v) is 4.29. The van der Waals surface area contributed by atoms with Crippen LogP contribution in [0.5, 0.6) is 0 Å². The highest BCUT2D eigenvalue weighted by atomic mass is 32.2. The summed E-state index contributed by atoms with van der Waals surface area (Å²) in [5.41, 5.74) is 1.69. The second kappa shape index (κ2) is 5.90. The fourth-order valence-electron chi connectivity index (χ4n) is 1.95. The maximum atomic E-state index is 12.6. The van der Waals surface area contributed by atoms with Crippen LogP contribution in [0.1, 0.15) is 5.56 Å². The van der Waals surface area contributed by atoms with Crippen molar-refractivity contribution in [1.29, 1.82) is 0 Å². The average molecular weight is 283 g/mol. The molecule has 3 rings (SSSR count). The Labute approximate surface area is 120 Å². The Hall–Kier alpha value is -2.11. The molecular formula is C15H13N3OS. The number of aromatic amines is 1. The van der Waals surface area contributed by atoms with Gasteiger partial charge in [-0.2, -0.15) is 0 Å². The van der Waals surface area contributed by atoms with E-state index in [0.717, 1.165) is 5.56 Å². The van der Waals surface area contributed by atoms with Crippen LogP contribution in [0.4, 0.5) is 0 Å². The molecule has 100 valence electrons. The molecule has 3 aromatic rings. The standard InChI is InChI=1S/C15H13N3OS/c19-20(11-12-5-2-1-3-6-12)13-7-4-8-16-14(13)15-17-9-10-18-15/h1-10H,11H2,(H,17,18). The van der Waals surface area contributed by atoms with E-state index in [4.69, 9.17) is 0 Å². The molecule has 0 aliphatic carbocycles. The van der Waals surface area contributed by atoms with Gasteiger partial charge < -0.3 is 9.54 Å². The van der Waals surface area contributed by atoms with E-state index < -0.39 is 11.2 Å². The summed E-state index contributed by atoms with van der Waals surface area (Å²) in [5.74, 6) is 1.11. The minimum absolute atomic E-state index is 0.472. The fourth-order valence-corrected chi connectivity index (χ4v) is 3.20. The number of aromatic nitrogens is 3. The van der Waals surface area contributed by atoms with Crippen molar-refractivity contribution in [3.05, 3.63) is 66.6 Å². The molecule has 2 heterocycles. The average Bonchev–Trinajstić information content (AvgIpc) is 3.02. The van der Waals surface area contributed by atoms with Crippen LogP contribution < -0.4 is 0 Å². The molecule has 0 aliphatic heterocycles. The fraction of sp³-hybridized carbons (Fsp3) is 0.0667. The van der Waals surface area contributed by atoms with Gasteiger partial charge in [0.2, 0.25) is 0 Å². The monoisotopic (exact) mass is 283 g/mol. The van der Waals surface area contributed by atoms with Gasteiger partial charge >= 0.3 is 0 Å². The van der Waals surface area contributed by atoms with E-state index >= 15 is 0 Å². The van der Waals surface area contributed by atoms with Crippen LogP contribution in [0.15, 0.2) is 66.0 Å². The van der Waals surface area contributed by atoms with Crippen LogP contribution in [-0.2, 0) is 16.9 Å². The van der Waals surface area contributed by atoms with Gasteiger partial charge in [-0.15, -0.1) is 0 Å². The quantitative estimate of drug-likeness (QED) is 0.749. The van der Waals surface area contributed by atoms with Crippen molar-refractivity contribution in [3.8, 4) is 11.5 Å². The lowest BCUT2D eigenvalue weighted by Gasteiger charge is -2.12. The maximum Gasteiger partial charge on any atom is 0.182 e. The molecular weight excluding hydrogens is 270 g/mol. The molecule has 1 unspecified atom stereocenters. The smallest absolute Gasteiger partial charge is 0.182 e. The van der Waals surface area contributed by atoms with Gasteiger partial charge in [0, 0.05) is 24.2 Å². The van der Waals surface area contributed by atoms with Crippen molar-refractivity contribution in [2.75, 3.05) is 0 Å². The van der Waals surface area contributed by atoms with Crippen LogP contribution in [0.25, 0.3) is 11.5 Å². The van der Waals surface area contributed by atoms with Crippen molar-refractivity contribution in [1.82, 2.24) is 15.0 Å². The number of imidazole rings is 1. The first-order valence-electron chi connectivity index (χ1n) is 6.21. The molecule has 1 N–H and O–H groups in total. The third kappa shape index (κ3) is 2.74. The number of nitrogens with zero attached hydrogens (tertiary/aromatic N) is 2. The molecule has 0 radical (unpaired) electrons. The zero-order valence-corrected chi connectivity index (χ0v) is 11.5. The van der Waals surface area contributed by atoms with Crippen LogP contribution >= 0.6 is 0 Å². The summed E-state index contributed by atoms with van der Waals surface area (Å²) in [7, 11) is 0. The van der Waals surface area contributed by atoms with Gasteiger partial charge in [0.15, 0.2) is 16.4 Å². The SMILES string of the molecule is [O-][S+](Cc1ccccc1)c1cccnc1-c1ncc[nH]1. The van der Waals surface area contributed by atoms with E-state index in [1.807, 2.05) is 36.4 Å². The first-order chi connectivity index (χ1) is 9.84. The van der Waals surface area contributed by atoms with Gasteiger partial charge in [-0.3, -0.25) is 0 Å². The van der Waals surface area contributed by atoms with Crippen molar-refractivity contribution in [3.63, 3.8) is 0 Å². The van der Waals surface area contributed by atoms with Crippen LogP contribution in [0.2, 0.25) is 0 Å². The molecule has 0 bridgehead atoms. The predicted molar refractivity (Wildman–Crippen MR) is 78.4 cm³/mol. The summed E-state index contributed by atoms with van der Waals surface area (Å²) >= 11 is -1.15. The number of rotatable bonds is 4. The summed E-state index contributed by atoms with van der Waals surface area (Å²) in [6, 6.07) is 13.4. The normalized spacial score (nSPS) is 12.2. The number of nitrogens with one attached hydrogen (secondary N) is 1. The molecule has 0 fully saturated rings. The van der Waals surface area contributed by atoms with Crippen molar-refractivity contribution in [2.24, 2.45) is 0 Å². The Bertz CT molecular complexity index is 671. The molecule has 5 heteroatoms. The van der Waals surface area contributed by atoms with Gasteiger partial charge in [0.25, 0.3) is 0 Å². The Kier molecular flexibility index (Phi) is 3.80. The second-order valence-electron chi connectivity index (χ2n) is 4.26. The first kappa shape index (κ1) is 12.9. The highest BCUT2D eigenvalue weighted by Crippen LogP contribution is 2.24. The van der Waals surface area contributed by atoms with E-state index in [2.05, 4.69) is 15.0 Å². The van der Waals surface area contributed by atoms with E-state index in [0.29, 0.717) is 22.2 Å². The number of benzene rings is 1. The number of hydrogen-bond donors (Lipinski definition) is 1. The highest BCUT2D eigenvalue weighted by Gasteiger charge is 2.20. The summed E-state index contributed by atoms with van der Waals surface area (Å²) in [4.78, 5) is 12.2. The number of hydrogen-bond acceptors (Lipinski definition) is 3. The van der Waals surface area contributed by atoms with Crippen molar-refractivity contribution in [2.45, 2.75) is 10.6 Å². The predicted octanol–water partition coefficient (Wildman–Crippen LogP) is 2.78. The van der Waals surface area contributed by atoms with Gasteiger partial charge in [-0.05, 0) is 23.3 Å². The molecule has 1 aromatic carbocycles. The van der Waals surface area contributed by atoms with Crippen LogP contribution in [-0.4, -0.2) is 19.5 Å². The van der Waals surface area contributed by atoms with E-state index in [1.54, 1.807) is 24.7 Å². The van der Waals surface area contributed by atoms with Gasteiger partial charge in [-0.25, -0.2) is 9.97 Å². The Balaban J connectivity index is 1.90. The molecule has 0 aliphatic rings. The third-order valence-electron chi connectivity index (χ3n) is 2.88.